The summed E-state index contributed by atoms with van der Waals surface area (Å²) >= 11 is 0. The van der Waals surface area contributed by atoms with E-state index in [0.717, 1.165) is 5.56 Å². The van der Waals surface area contributed by atoms with Gasteiger partial charge in [0.2, 0.25) is 5.91 Å². The monoisotopic (exact) mass is 344 g/mol. The molecule has 0 saturated heterocycles. The lowest BCUT2D eigenvalue weighted by molar-refractivity contribution is -0.120. The van der Waals surface area contributed by atoms with Gasteiger partial charge in [-0.05, 0) is 42.3 Å². The van der Waals surface area contributed by atoms with Gasteiger partial charge >= 0.3 is 0 Å². The fraction of sp³-hybridized carbons (Fsp3) is 0.263. The van der Waals surface area contributed by atoms with E-state index in [9.17, 15) is 14.0 Å². The molecule has 0 aliphatic carbocycles. The van der Waals surface area contributed by atoms with Gasteiger partial charge in [0, 0.05) is 18.7 Å². The summed E-state index contributed by atoms with van der Waals surface area (Å²) in [6, 6.07) is 11.5. The molecule has 0 bridgehead atoms. The Labute approximate surface area is 146 Å². The normalized spacial score (nSPS) is 10.2. The number of hydrogen-bond acceptors (Lipinski definition) is 3. The molecule has 25 heavy (non-hydrogen) atoms. The quantitative estimate of drug-likeness (QED) is 0.811. The first-order chi connectivity index (χ1) is 12.0. The molecule has 0 saturated carbocycles. The van der Waals surface area contributed by atoms with Gasteiger partial charge in [-0.15, -0.1) is 0 Å². The summed E-state index contributed by atoms with van der Waals surface area (Å²) in [7, 11) is 1.39. The smallest absolute Gasteiger partial charge is 0.251 e. The van der Waals surface area contributed by atoms with E-state index in [1.807, 2.05) is 13.0 Å². The molecule has 0 spiro atoms. The van der Waals surface area contributed by atoms with Crippen molar-refractivity contribution in [1.82, 2.24) is 10.6 Å². The van der Waals surface area contributed by atoms with Crippen molar-refractivity contribution < 1.29 is 18.7 Å². The van der Waals surface area contributed by atoms with Gasteiger partial charge in [-0.1, -0.05) is 18.2 Å². The van der Waals surface area contributed by atoms with E-state index in [0.29, 0.717) is 24.2 Å². The first-order valence-corrected chi connectivity index (χ1v) is 7.99. The molecule has 132 valence electrons. The Morgan fingerprint density at radius 3 is 2.56 bits per heavy atom. The van der Waals surface area contributed by atoms with Crippen molar-refractivity contribution in [3.8, 4) is 5.75 Å². The zero-order valence-electron chi connectivity index (χ0n) is 14.3. The topological polar surface area (TPSA) is 67.4 Å². The van der Waals surface area contributed by atoms with E-state index >= 15 is 0 Å². The molecule has 2 rings (SSSR count). The SMILES string of the molecule is CCNC(=O)c1cccc(CNC(=O)Cc2ccc(OC)c(F)c2)c1. The van der Waals surface area contributed by atoms with E-state index < -0.39 is 5.82 Å². The fourth-order valence-electron chi connectivity index (χ4n) is 2.35. The van der Waals surface area contributed by atoms with Gasteiger partial charge in [-0.25, -0.2) is 4.39 Å². The Kier molecular flexibility index (Phi) is 6.51. The molecule has 0 fully saturated rings. The largest absolute Gasteiger partial charge is 0.494 e. The molecule has 2 aromatic carbocycles. The van der Waals surface area contributed by atoms with Crippen LogP contribution in [0.4, 0.5) is 4.39 Å². The molecule has 0 atom stereocenters. The molecule has 0 aliphatic rings. The highest BCUT2D eigenvalue weighted by Crippen LogP contribution is 2.17. The number of nitrogens with one attached hydrogen (secondary N) is 2. The van der Waals surface area contributed by atoms with Gasteiger partial charge in [0.1, 0.15) is 0 Å². The van der Waals surface area contributed by atoms with Crippen LogP contribution in [-0.4, -0.2) is 25.5 Å². The van der Waals surface area contributed by atoms with Crippen LogP contribution in [0.5, 0.6) is 5.75 Å². The zero-order valence-corrected chi connectivity index (χ0v) is 14.3. The van der Waals surface area contributed by atoms with Gasteiger partial charge in [-0.2, -0.15) is 0 Å². The highest BCUT2D eigenvalue weighted by Gasteiger charge is 2.09. The summed E-state index contributed by atoms with van der Waals surface area (Å²) in [5.74, 6) is -0.730. The average molecular weight is 344 g/mol. The minimum absolute atomic E-state index is 0.0664. The van der Waals surface area contributed by atoms with E-state index in [2.05, 4.69) is 10.6 Å². The molecule has 0 heterocycles. The van der Waals surface area contributed by atoms with Crippen LogP contribution in [0.3, 0.4) is 0 Å². The summed E-state index contributed by atoms with van der Waals surface area (Å²) in [6.07, 6.45) is 0.0664. The summed E-state index contributed by atoms with van der Waals surface area (Å²) in [4.78, 5) is 23.8. The minimum Gasteiger partial charge on any atom is -0.494 e. The van der Waals surface area contributed by atoms with Gasteiger partial charge < -0.3 is 15.4 Å². The van der Waals surface area contributed by atoms with Gasteiger partial charge in [0.25, 0.3) is 5.91 Å². The highest BCUT2D eigenvalue weighted by molar-refractivity contribution is 5.94. The summed E-state index contributed by atoms with van der Waals surface area (Å²) in [6.45, 7) is 2.70. The lowest BCUT2D eigenvalue weighted by atomic mass is 10.1. The molecular formula is C19H21FN2O3. The summed E-state index contributed by atoms with van der Waals surface area (Å²) < 4.78 is 18.5. The molecular weight excluding hydrogens is 323 g/mol. The van der Waals surface area contributed by atoms with Crippen LogP contribution < -0.4 is 15.4 Å². The van der Waals surface area contributed by atoms with Crippen LogP contribution in [0.2, 0.25) is 0 Å². The van der Waals surface area contributed by atoms with Crippen molar-refractivity contribution in [2.24, 2.45) is 0 Å². The summed E-state index contributed by atoms with van der Waals surface area (Å²) in [5.41, 5.74) is 1.93. The number of amides is 2. The Morgan fingerprint density at radius 2 is 1.88 bits per heavy atom. The van der Waals surface area contributed by atoms with Crippen LogP contribution in [0, 0.1) is 5.82 Å². The maximum atomic E-state index is 13.6. The number of hydrogen-bond donors (Lipinski definition) is 2. The Hall–Kier alpha value is -2.89. The Balaban J connectivity index is 1.92. The molecule has 0 radical (unpaired) electrons. The number of ether oxygens (including phenoxy) is 1. The van der Waals surface area contributed by atoms with Crippen LogP contribution in [0.1, 0.15) is 28.4 Å². The van der Waals surface area contributed by atoms with Gasteiger partial charge in [0.15, 0.2) is 11.6 Å². The van der Waals surface area contributed by atoms with Crippen molar-refractivity contribution in [3.05, 3.63) is 65.0 Å². The third kappa shape index (κ3) is 5.31. The van der Waals surface area contributed by atoms with Crippen LogP contribution >= 0.6 is 0 Å². The number of methoxy groups -OCH3 is 1. The Morgan fingerprint density at radius 1 is 1.08 bits per heavy atom. The van der Waals surface area contributed by atoms with Gasteiger partial charge in [-0.3, -0.25) is 9.59 Å². The predicted octanol–water partition coefficient (Wildman–Crippen LogP) is 2.44. The Bertz CT molecular complexity index is 762. The van der Waals surface area contributed by atoms with Crippen molar-refractivity contribution >= 4 is 11.8 Å². The fourth-order valence-corrected chi connectivity index (χ4v) is 2.35. The van der Waals surface area contributed by atoms with E-state index in [1.54, 1.807) is 24.3 Å². The van der Waals surface area contributed by atoms with E-state index in [4.69, 9.17) is 4.74 Å². The highest BCUT2D eigenvalue weighted by atomic mass is 19.1. The molecule has 6 heteroatoms. The minimum atomic E-state index is -0.498. The van der Waals surface area contributed by atoms with Crippen LogP contribution in [0.25, 0.3) is 0 Å². The second-order valence-corrected chi connectivity index (χ2v) is 5.48. The molecule has 0 unspecified atom stereocenters. The first kappa shape index (κ1) is 18.4. The molecule has 0 aliphatic heterocycles. The molecule has 2 amide bonds. The van der Waals surface area contributed by atoms with E-state index in [-0.39, 0.29) is 24.0 Å². The second kappa shape index (κ2) is 8.82. The number of rotatable bonds is 7. The third-order valence-electron chi connectivity index (χ3n) is 3.60. The second-order valence-electron chi connectivity index (χ2n) is 5.48. The first-order valence-electron chi connectivity index (χ1n) is 7.99. The number of benzene rings is 2. The van der Waals surface area contributed by atoms with Crippen molar-refractivity contribution in [2.45, 2.75) is 19.9 Å². The van der Waals surface area contributed by atoms with Crippen LogP contribution in [-0.2, 0) is 17.8 Å². The van der Waals surface area contributed by atoms with Crippen LogP contribution in [0.15, 0.2) is 42.5 Å². The molecule has 2 aromatic rings. The van der Waals surface area contributed by atoms with E-state index in [1.165, 1.54) is 19.2 Å². The summed E-state index contributed by atoms with van der Waals surface area (Å²) in [5, 5.41) is 5.50. The lowest BCUT2D eigenvalue weighted by Crippen LogP contribution is -2.25. The third-order valence-corrected chi connectivity index (χ3v) is 3.60. The van der Waals surface area contributed by atoms with Crippen molar-refractivity contribution in [3.63, 3.8) is 0 Å². The lowest BCUT2D eigenvalue weighted by Gasteiger charge is -2.08. The number of halogens is 1. The van der Waals surface area contributed by atoms with Gasteiger partial charge in [0.05, 0.1) is 13.5 Å². The number of carbonyl (C=O) groups excluding carboxylic acids is 2. The maximum Gasteiger partial charge on any atom is 0.251 e. The van der Waals surface area contributed by atoms with Crippen molar-refractivity contribution in [1.29, 1.82) is 0 Å². The molecule has 2 N–H and O–H groups in total. The molecule has 0 aromatic heterocycles. The molecule has 5 nitrogen and oxygen atoms in total. The predicted molar refractivity (Wildman–Crippen MR) is 93.0 cm³/mol. The standard InChI is InChI=1S/C19H21FN2O3/c1-3-21-19(24)15-6-4-5-14(9-15)12-22-18(23)11-13-7-8-17(25-2)16(20)10-13/h4-10H,3,11-12H2,1-2H3,(H,21,24)(H,22,23). The maximum absolute atomic E-state index is 13.6. The zero-order chi connectivity index (χ0) is 18.2. The van der Waals surface area contributed by atoms with Crippen molar-refractivity contribution in [2.75, 3.05) is 13.7 Å². The average Bonchev–Trinajstić information content (AvgIpc) is 2.60. The number of carbonyl (C=O) groups is 2.